The Bertz CT molecular complexity index is 257. The molecule has 0 bridgehead atoms. The number of ether oxygens (including phenoxy) is 2. The Labute approximate surface area is 104 Å². The Morgan fingerprint density at radius 2 is 1.88 bits per heavy atom. The van der Waals surface area contributed by atoms with E-state index in [0.29, 0.717) is 13.0 Å². The van der Waals surface area contributed by atoms with Gasteiger partial charge in [-0.05, 0) is 26.7 Å². The molecule has 2 N–H and O–H groups in total. The van der Waals surface area contributed by atoms with Crippen LogP contribution in [0.15, 0.2) is 0 Å². The predicted octanol–water partition coefficient (Wildman–Crippen LogP) is 2.01. The number of carbonyl (C=O) groups is 1. The molecule has 1 saturated carbocycles. The first-order chi connectivity index (χ1) is 7.90. The third-order valence-corrected chi connectivity index (χ3v) is 3.64. The first-order valence-corrected chi connectivity index (χ1v) is 6.41. The third kappa shape index (κ3) is 4.28. The number of carbonyl (C=O) groups excluding carboxylic acids is 1. The Hall–Kier alpha value is -0.610. The number of nitrogens with two attached hydrogens (primary N) is 1. The molecule has 0 radical (unpaired) electrons. The molecule has 0 aromatic carbocycles. The molecule has 4 heteroatoms. The lowest BCUT2D eigenvalue weighted by Gasteiger charge is -2.31. The molecule has 0 atom stereocenters. The molecule has 0 unspecified atom stereocenters. The lowest BCUT2D eigenvalue weighted by molar-refractivity contribution is -0.153. The number of hydrogen-bond acceptors (Lipinski definition) is 4. The molecule has 0 heterocycles. The summed E-state index contributed by atoms with van der Waals surface area (Å²) in [6, 6.07) is 0. The summed E-state index contributed by atoms with van der Waals surface area (Å²) in [4.78, 5) is 11.9. The second kappa shape index (κ2) is 5.83. The van der Waals surface area contributed by atoms with E-state index in [4.69, 9.17) is 15.2 Å². The first kappa shape index (κ1) is 14.5. The van der Waals surface area contributed by atoms with Gasteiger partial charge in [0.05, 0.1) is 12.2 Å². The van der Waals surface area contributed by atoms with Gasteiger partial charge in [0.1, 0.15) is 5.54 Å². The third-order valence-electron chi connectivity index (χ3n) is 3.64. The number of methoxy groups -OCH3 is 1. The van der Waals surface area contributed by atoms with Gasteiger partial charge in [-0.2, -0.15) is 0 Å². The summed E-state index contributed by atoms with van der Waals surface area (Å²) < 4.78 is 10.5. The number of rotatable bonds is 5. The Morgan fingerprint density at radius 1 is 1.29 bits per heavy atom. The maximum absolute atomic E-state index is 11.9. The van der Waals surface area contributed by atoms with Crippen molar-refractivity contribution >= 4 is 5.97 Å². The lowest BCUT2D eigenvalue weighted by Crippen LogP contribution is -2.50. The average Bonchev–Trinajstić information content (AvgIpc) is 2.29. The fraction of sp³-hybridized carbons (Fsp3) is 0.923. The molecule has 0 aliphatic heterocycles. The van der Waals surface area contributed by atoms with Gasteiger partial charge in [0.25, 0.3) is 0 Å². The van der Waals surface area contributed by atoms with Crippen LogP contribution >= 0.6 is 0 Å². The van der Waals surface area contributed by atoms with Gasteiger partial charge >= 0.3 is 5.97 Å². The second-order valence-electron chi connectivity index (χ2n) is 5.57. The van der Waals surface area contributed by atoms with Crippen molar-refractivity contribution < 1.29 is 14.3 Å². The summed E-state index contributed by atoms with van der Waals surface area (Å²) in [7, 11) is 1.66. The molecule has 0 aromatic heterocycles. The minimum Gasteiger partial charge on any atom is -0.464 e. The zero-order chi connectivity index (χ0) is 12.9. The van der Waals surface area contributed by atoms with Crippen LogP contribution in [0.3, 0.4) is 0 Å². The van der Waals surface area contributed by atoms with Crippen LogP contribution in [-0.4, -0.2) is 30.8 Å². The van der Waals surface area contributed by atoms with Crippen LogP contribution in [0.1, 0.15) is 52.4 Å². The summed E-state index contributed by atoms with van der Waals surface area (Å²) in [5.41, 5.74) is 5.08. The summed E-state index contributed by atoms with van der Waals surface area (Å²) >= 11 is 0. The van der Waals surface area contributed by atoms with Gasteiger partial charge in [0.2, 0.25) is 0 Å². The van der Waals surface area contributed by atoms with E-state index in [2.05, 4.69) is 0 Å². The summed E-state index contributed by atoms with van der Waals surface area (Å²) in [6.07, 6.45) is 5.40. The molecule has 4 nitrogen and oxygen atoms in total. The van der Waals surface area contributed by atoms with E-state index in [1.807, 2.05) is 13.8 Å². The summed E-state index contributed by atoms with van der Waals surface area (Å²) in [5, 5.41) is 0. The van der Waals surface area contributed by atoms with E-state index in [1.165, 1.54) is 6.42 Å². The van der Waals surface area contributed by atoms with Crippen LogP contribution in [0.25, 0.3) is 0 Å². The summed E-state index contributed by atoms with van der Waals surface area (Å²) in [6.45, 7) is 4.32. The molecule has 0 amide bonds. The van der Waals surface area contributed by atoms with Crippen LogP contribution in [0.4, 0.5) is 0 Å². The van der Waals surface area contributed by atoms with E-state index in [0.717, 1.165) is 25.7 Å². The number of hydrogen-bond donors (Lipinski definition) is 1. The molecule has 1 rings (SSSR count). The van der Waals surface area contributed by atoms with Gasteiger partial charge in [0.15, 0.2) is 0 Å². The standard InChI is InChI=1S/C13H25NO3/c1-12(2,16-3)9-10-17-11(15)13(14)7-5-4-6-8-13/h4-10,14H2,1-3H3. The van der Waals surface area contributed by atoms with Gasteiger partial charge in [-0.15, -0.1) is 0 Å². The molecule has 0 spiro atoms. The molecule has 17 heavy (non-hydrogen) atoms. The van der Waals surface area contributed by atoms with Crippen LogP contribution < -0.4 is 5.73 Å². The number of esters is 1. The molecule has 1 aliphatic carbocycles. The van der Waals surface area contributed by atoms with E-state index < -0.39 is 5.54 Å². The summed E-state index contributed by atoms with van der Waals surface area (Å²) in [5.74, 6) is -0.246. The molecule has 1 aliphatic rings. The highest BCUT2D eigenvalue weighted by Crippen LogP contribution is 2.27. The van der Waals surface area contributed by atoms with Gasteiger partial charge in [-0.3, -0.25) is 4.79 Å². The van der Waals surface area contributed by atoms with Gasteiger partial charge in [-0.1, -0.05) is 19.3 Å². The van der Waals surface area contributed by atoms with Gasteiger partial charge in [-0.25, -0.2) is 0 Å². The van der Waals surface area contributed by atoms with Crippen molar-refractivity contribution in [3.05, 3.63) is 0 Å². The van der Waals surface area contributed by atoms with E-state index in [1.54, 1.807) is 7.11 Å². The highest BCUT2D eigenvalue weighted by molar-refractivity contribution is 5.80. The SMILES string of the molecule is COC(C)(C)CCOC(=O)C1(N)CCCCC1. The van der Waals surface area contributed by atoms with Crippen molar-refractivity contribution in [2.75, 3.05) is 13.7 Å². The monoisotopic (exact) mass is 243 g/mol. The highest BCUT2D eigenvalue weighted by Gasteiger charge is 2.36. The highest BCUT2D eigenvalue weighted by atomic mass is 16.5. The van der Waals surface area contributed by atoms with Gasteiger partial charge in [0, 0.05) is 13.5 Å². The molecule has 0 aromatic rings. The molecule has 0 saturated heterocycles. The Balaban J connectivity index is 2.34. The molecular formula is C13H25NO3. The quantitative estimate of drug-likeness (QED) is 0.750. The van der Waals surface area contributed by atoms with Crippen LogP contribution in [0.5, 0.6) is 0 Å². The zero-order valence-corrected chi connectivity index (χ0v) is 11.3. The fourth-order valence-corrected chi connectivity index (χ4v) is 2.02. The maximum atomic E-state index is 11.9. The van der Waals surface area contributed by atoms with Crippen molar-refractivity contribution in [2.24, 2.45) is 5.73 Å². The Kier molecular flexibility index (Phi) is 4.95. The van der Waals surface area contributed by atoms with Crippen LogP contribution in [-0.2, 0) is 14.3 Å². The molecular weight excluding hydrogens is 218 g/mol. The maximum Gasteiger partial charge on any atom is 0.326 e. The largest absolute Gasteiger partial charge is 0.464 e. The first-order valence-electron chi connectivity index (χ1n) is 6.41. The molecule has 100 valence electrons. The second-order valence-corrected chi connectivity index (χ2v) is 5.57. The zero-order valence-electron chi connectivity index (χ0n) is 11.3. The predicted molar refractivity (Wildman–Crippen MR) is 66.7 cm³/mol. The van der Waals surface area contributed by atoms with Crippen molar-refractivity contribution in [1.82, 2.24) is 0 Å². The fourth-order valence-electron chi connectivity index (χ4n) is 2.02. The van der Waals surface area contributed by atoms with Crippen LogP contribution in [0, 0.1) is 0 Å². The van der Waals surface area contributed by atoms with E-state index in [-0.39, 0.29) is 11.6 Å². The van der Waals surface area contributed by atoms with Crippen molar-refractivity contribution in [3.63, 3.8) is 0 Å². The smallest absolute Gasteiger partial charge is 0.326 e. The minimum atomic E-state index is -0.741. The van der Waals surface area contributed by atoms with Crippen molar-refractivity contribution in [1.29, 1.82) is 0 Å². The topological polar surface area (TPSA) is 61.5 Å². The van der Waals surface area contributed by atoms with Crippen molar-refractivity contribution in [3.8, 4) is 0 Å². The Morgan fingerprint density at radius 3 is 2.41 bits per heavy atom. The normalized spacial score (nSPS) is 20.0. The van der Waals surface area contributed by atoms with E-state index >= 15 is 0 Å². The van der Waals surface area contributed by atoms with Gasteiger partial charge < -0.3 is 15.2 Å². The van der Waals surface area contributed by atoms with Crippen LogP contribution in [0.2, 0.25) is 0 Å². The molecule has 1 fully saturated rings. The average molecular weight is 243 g/mol. The minimum absolute atomic E-state index is 0.246. The van der Waals surface area contributed by atoms with E-state index in [9.17, 15) is 4.79 Å². The van der Waals surface area contributed by atoms with Crippen molar-refractivity contribution in [2.45, 2.75) is 63.5 Å². The lowest BCUT2D eigenvalue weighted by atomic mass is 9.83.